The number of hydrogen-bond donors (Lipinski definition) is 0. The first-order chi connectivity index (χ1) is 10.8. The highest BCUT2D eigenvalue weighted by molar-refractivity contribution is 6.35. The lowest BCUT2D eigenvalue weighted by Gasteiger charge is -2.06. The van der Waals surface area contributed by atoms with Gasteiger partial charge in [-0.1, -0.05) is 17.7 Å². The van der Waals surface area contributed by atoms with Crippen LogP contribution in [0, 0.1) is 0 Å². The molecule has 0 aliphatic carbocycles. The summed E-state index contributed by atoms with van der Waals surface area (Å²) >= 11 is 6.24. The second-order valence-electron chi connectivity index (χ2n) is 4.88. The number of rotatable bonds is 2. The van der Waals surface area contributed by atoms with E-state index >= 15 is 0 Å². The number of fused-ring (bicyclic) bond motifs is 1. The Morgan fingerprint density at radius 2 is 1.82 bits per heavy atom. The lowest BCUT2D eigenvalue weighted by atomic mass is 10.1. The van der Waals surface area contributed by atoms with Crippen molar-refractivity contribution in [3.8, 4) is 16.8 Å². The summed E-state index contributed by atoms with van der Waals surface area (Å²) in [5.74, 6) is 0. The van der Waals surface area contributed by atoms with Crippen molar-refractivity contribution in [2.45, 2.75) is 0 Å². The molecule has 4 nitrogen and oxygen atoms in total. The molecule has 22 heavy (non-hydrogen) atoms. The molecule has 0 atom stereocenters. The minimum Gasteiger partial charge on any atom is -0.264 e. The van der Waals surface area contributed by atoms with Crippen molar-refractivity contribution in [2.75, 3.05) is 0 Å². The predicted molar refractivity (Wildman–Crippen MR) is 87.1 cm³/mol. The van der Waals surface area contributed by atoms with E-state index in [0.717, 1.165) is 27.7 Å². The normalized spacial score (nSPS) is 11.0. The first kappa shape index (κ1) is 13.0. The maximum absolute atomic E-state index is 6.24. The maximum Gasteiger partial charge on any atom is 0.0973 e. The van der Waals surface area contributed by atoms with Crippen molar-refractivity contribution in [3.05, 3.63) is 72.4 Å². The first-order valence-corrected chi connectivity index (χ1v) is 7.19. The Kier molecular flexibility index (Phi) is 3.09. The molecule has 0 saturated heterocycles. The summed E-state index contributed by atoms with van der Waals surface area (Å²) < 4.78 is 1.81. The maximum atomic E-state index is 6.24. The van der Waals surface area contributed by atoms with Crippen molar-refractivity contribution < 1.29 is 0 Å². The van der Waals surface area contributed by atoms with Crippen LogP contribution < -0.4 is 0 Å². The van der Waals surface area contributed by atoms with E-state index < -0.39 is 0 Å². The third-order valence-electron chi connectivity index (χ3n) is 3.52. The van der Waals surface area contributed by atoms with E-state index in [0.29, 0.717) is 5.02 Å². The second-order valence-corrected chi connectivity index (χ2v) is 5.29. The predicted octanol–water partition coefficient (Wildman–Crippen LogP) is 4.14. The number of nitrogens with zero attached hydrogens (tertiary/aromatic N) is 4. The molecule has 3 heterocycles. The molecule has 4 aromatic rings. The molecular formula is C17H11ClN4. The standard InChI is InChI=1S/C17H11ClN4/c18-15-5-6-16(17-14(15)4-2-8-20-17)22-11-13(10-21-22)12-3-1-7-19-9-12/h1-11H. The van der Waals surface area contributed by atoms with E-state index in [2.05, 4.69) is 15.1 Å². The second kappa shape index (κ2) is 5.24. The highest BCUT2D eigenvalue weighted by Crippen LogP contribution is 2.28. The summed E-state index contributed by atoms with van der Waals surface area (Å²) in [6.07, 6.45) is 9.12. The Bertz CT molecular complexity index is 947. The number of benzene rings is 1. The molecule has 5 heteroatoms. The van der Waals surface area contributed by atoms with Gasteiger partial charge in [-0.15, -0.1) is 0 Å². The molecule has 1 aromatic carbocycles. The molecular weight excluding hydrogens is 296 g/mol. The zero-order valence-corrected chi connectivity index (χ0v) is 12.3. The van der Waals surface area contributed by atoms with Gasteiger partial charge in [-0.25, -0.2) is 4.68 Å². The van der Waals surface area contributed by atoms with E-state index in [9.17, 15) is 0 Å². The third kappa shape index (κ3) is 2.14. The van der Waals surface area contributed by atoms with Gasteiger partial charge in [-0.05, 0) is 30.3 Å². The van der Waals surface area contributed by atoms with Crippen LogP contribution >= 0.6 is 11.6 Å². The minimum atomic E-state index is 0.687. The Labute approximate surface area is 132 Å². The van der Waals surface area contributed by atoms with Crippen molar-refractivity contribution in [1.29, 1.82) is 0 Å². The molecule has 4 rings (SSSR count). The fraction of sp³-hybridized carbons (Fsp3) is 0. The van der Waals surface area contributed by atoms with Gasteiger partial charge in [-0.2, -0.15) is 5.10 Å². The molecule has 0 saturated carbocycles. The fourth-order valence-electron chi connectivity index (χ4n) is 2.44. The molecule has 0 unspecified atom stereocenters. The zero-order valence-electron chi connectivity index (χ0n) is 11.5. The monoisotopic (exact) mass is 306 g/mol. The average molecular weight is 307 g/mol. The number of hydrogen-bond acceptors (Lipinski definition) is 3. The average Bonchev–Trinajstić information content (AvgIpc) is 3.06. The molecule has 0 bridgehead atoms. The molecule has 0 radical (unpaired) electrons. The summed E-state index contributed by atoms with van der Waals surface area (Å²) in [6, 6.07) is 11.5. The lowest BCUT2D eigenvalue weighted by molar-refractivity contribution is 0.885. The van der Waals surface area contributed by atoms with Gasteiger partial charge >= 0.3 is 0 Å². The van der Waals surface area contributed by atoms with Crippen molar-refractivity contribution in [3.63, 3.8) is 0 Å². The number of halogens is 1. The Morgan fingerprint density at radius 3 is 2.68 bits per heavy atom. The molecule has 106 valence electrons. The SMILES string of the molecule is Clc1ccc(-n2cc(-c3cccnc3)cn2)c2ncccc12. The number of pyridine rings is 2. The highest BCUT2D eigenvalue weighted by Gasteiger charge is 2.09. The zero-order chi connectivity index (χ0) is 14.9. The molecule has 0 N–H and O–H groups in total. The van der Waals surface area contributed by atoms with Crippen LogP contribution in [0.4, 0.5) is 0 Å². The molecule has 0 spiro atoms. The first-order valence-electron chi connectivity index (χ1n) is 6.81. The van der Waals surface area contributed by atoms with Crippen molar-refractivity contribution in [2.24, 2.45) is 0 Å². The van der Waals surface area contributed by atoms with Gasteiger partial charge < -0.3 is 0 Å². The molecule has 3 aromatic heterocycles. The summed E-state index contributed by atoms with van der Waals surface area (Å²) in [5, 5.41) is 6.05. The Morgan fingerprint density at radius 1 is 0.909 bits per heavy atom. The quantitative estimate of drug-likeness (QED) is 0.559. The van der Waals surface area contributed by atoms with Gasteiger partial charge in [0.05, 0.1) is 22.4 Å². The van der Waals surface area contributed by atoms with Crippen LogP contribution in [0.2, 0.25) is 5.02 Å². The third-order valence-corrected chi connectivity index (χ3v) is 3.85. The largest absolute Gasteiger partial charge is 0.264 e. The smallest absolute Gasteiger partial charge is 0.0973 e. The number of aromatic nitrogens is 4. The van der Waals surface area contributed by atoms with Crippen LogP contribution in [-0.4, -0.2) is 19.7 Å². The van der Waals surface area contributed by atoms with Crippen LogP contribution in [0.5, 0.6) is 0 Å². The van der Waals surface area contributed by atoms with Crippen LogP contribution in [0.1, 0.15) is 0 Å². The summed E-state index contributed by atoms with van der Waals surface area (Å²) in [5.41, 5.74) is 3.76. The van der Waals surface area contributed by atoms with Crippen LogP contribution in [0.25, 0.3) is 27.7 Å². The van der Waals surface area contributed by atoms with Gasteiger partial charge in [0.1, 0.15) is 0 Å². The van der Waals surface area contributed by atoms with E-state index in [1.807, 2.05) is 59.7 Å². The van der Waals surface area contributed by atoms with Gasteiger partial charge in [-0.3, -0.25) is 9.97 Å². The van der Waals surface area contributed by atoms with E-state index in [1.54, 1.807) is 12.4 Å². The summed E-state index contributed by atoms with van der Waals surface area (Å²) in [4.78, 5) is 8.58. The topological polar surface area (TPSA) is 43.6 Å². The van der Waals surface area contributed by atoms with Gasteiger partial charge in [0.15, 0.2) is 0 Å². The highest BCUT2D eigenvalue weighted by atomic mass is 35.5. The summed E-state index contributed by atoms with van der Waals surface area (Å²) in [6.45, 7) is 0. The Hall–Kier alpha value is -2.72. The molecule has 0 fully saturated rings. The Balaban J connectivity index is 1.87. The van der Waals surface area contributed by atoms with Gasteiger partial charge in [0, 0.05) is 41.3 Å². The fourth-order valence-corrected chi connectivity index (χ4v) is 2.66. The van der Waals surface area contributed by atoms with Gasteiger partial charge in [0.25, 0.3) is 0 Å². The summed E-state index contributed by atoms with van der Waals surface area (Å²) in [7, 11) is 0. The van der Waals surface area contributed by atoms with E-state index in [4.69, 9.17) is 11.6 Å². The minimum absolute atomic E-state index is 0.687. The van der Waals surface area contributed by atoms with Gasteiger partial charge in [0.2, 0.25) is 0 Å². The molecule has 0 amide bonds. The van der Waals surface area contributed by atoms with Crippen molar-refractivity contribution in [1.82, 2.24) is 19.7 Å². The lowest BCUT2D eigenvalue weighted by Crippen LogP contribution is -1.96. The molecule has 0 aliphatic rings. The van der Waals surface area contributed by atoms with Crippen LogP contribution in [0.3, 0.4) is 0 Å². The van der Waals surface area contributed by atoms with Crippen LogP contribution in [-0.2, 0) is 0 Å². The van der Waals surface area contributed by atoms with E-state index in [-0.39, 0.29) is 0 Å². The van der Waals surface area contributed by atoms with Crippen LogP contribution in [0.15, 0.2) is 67.4 Å². The van der Waals surface area contributed by atoms with Crippen molar-refractivity contribution >= 4 is 22.5 Å². The van der Waals surface area contributed by atoms with E-state index in [1.165, 1.54) is 0 Å². The molecule has 0 aliphatic heterocycles.